The number of nitrogens with one attached hydrogen (secondary N) is 1. The van der Waals surface area contributed by atoms with Gasteiger partial charge in [0.15, 0.2) is 0 Å². The van der Waals surface area contributed by atoms with Gasteiger partial charge in [-0.2, -0.15) is 0 Å². The topological polar surface area (TPSA) is 32.3 Å². The summed E-state index contributed by atoms with van der Waals surface area (Å²) < 4.78 is 0. The number of fused-ring (bicyclic) bond motifs is 1. The summed E-state index contributed by atoms with van der Waals surface area (Å²) in [6.07, 6.45) is 1.22. The van der Waals surface area contributed by atoms with Gasteiger partial charge in [0.25, 0.3) is 0 Å². The summed E-state index contributed by atoms with van der Waals surface area (Å²) >= 11 is 0. The van der Waals surface area contributed by atoms with Crippen LogP contribution in [0.4, 0.5) is 5.69 Å². The van der Waals surface area contributed by atoms with E-state index in [4.69, 9.17) is 0 Å². The molecular weight excluding hydrogens is 236 g/mol. The first-order valence-electron chi connectivity index (χ1n) is 6.79. The van der Waals surface area contributed by atoms with Crippen LogP contribution >= 0.6 is 0 Å². The van der Waals surface area contributed by atoms with Gasteiger partial charge in [-0.05, 0) is 61.9 Å². The molecule has 1 N–H and O–H groups in total. The molecule has 1 aromatic rings. The molecule has 0 saturated heterocycles. The highest BCUT2D eigenvalue weighted by atomic mass is 16.1. The molecule has 0 radical (unpaired) electrons. The van der Waals surface area contributed by atoms with Gasteiger partial charge in [-0.15, -0.1) is 0 Å². The van der Waals surface area contributed by atoms with Gasteiger partial charge in [-0.1, -0.05) is 0 Å². The molecule has 1 aliphatic heterocycles. The van der Waals surface area contributed by atoms with E-state index in [1.54, 1.807) is 12.6 Å². The Kier molecular flexibility index (Phi) is 4.98. The summed E-state index contributed by atoms with van der Waals surface area (Å²) in [6.45, 7) is 11.7. The molecule has 19 heavy (non-hydrogen) atoms. The first kappa shape index (κ1) is 15.5. The quantitative estimate of drug-likeness (QED) is 0.779. The van der Waals surface area contributed by atoms with Gasteiger partial charge in [0, 0.05) is 33.3 Å². The third-order valence-electron chi connectivity index (χ3n) is 4.21. The normalized spacial score (nSPS) is 12.7. The second kappa shape index (κ2) is 6.09. The second-order valence-corrected chi connectivity index (χ2v) is 5.30. The van der Waals surface area contributed by atoms with Crippen LogP contribution < -0.4 is 10.2 Å². The highest BCUT2D eigenvalue weighted by Crippen LogP contribution is 2.36. The molecule has 0 unspecified atom stereocenters. The van der Waals surface area contributed by atoms with Crippen LogP contribution in [0.15, 0.2) is 0 Å². The van der Waals surface area contributed by atoms with Crippen LogP contribution in [0.3, 0.4) is 0 Å². The summed E-state index contributed by atoms with van der Waals surface area (Å²) in [5.74, 6) is 0.00463. The lowest BCUT2D eigenvalue weighted by atomic mass is 9.92. The Morgan fingerprint density at radius 3 is 2.00 bits per heavy atom. The number of hydrogen-bond donors (Lipinski definition) is 1. The highest BCUT2D eigenvalue weighted by Gasteiger charge is 2.22. The number of carbonyl (C=O) groups excluding carboxylic acids is 1. The van der Waals surface area contributed by atoms with Crippen LogP contribution in [0, 0.1) is 27.7 Å². The molecule has 0 bridgehead atoms. The molecule has 0 aliphatic carbocycles. The van der Waals surface area contributed by atoms with Crippen molar-refractivity contribution in [1.29, 1.82) is 0 Å². The molecule has 3 heteroatoms. The number of carbonyl (C=O) groups is 1. The third kappa shape index (κ3) is 3.09. The zero-order valence-corrected chi connectivity index (χ0v) is 13.3. The minimum absolute atomic E-state index is 0.00463. The van der Waals surface area contributed by atoms with Gasteiger partial charge in [-0.3, -0.25) is 4.79 Å². The van der Waals surface area contributed by atoms with Crippen LogP contribution in [0.2, 0.25) is 0 Å². The number of benzene rings is 1. The fourth-order valence-electron chi connectivity index (χ4n) is 2.58. The maximum atomic E-state index is 9.70. The van der Waals surface area contributed by atoms with E-state index in [0.717, 1.165) is 0 Å². The molecule has 0 fully saturated rings. The predicted octanol–water partition coefficient (Wildman–Crippen LogP) is 2.66. The molecule has 106 valence electrons. The molecule has 3 nitrogen and oxygen atoms in total. The third-order valence-corrected chi connectivity index (χ3v) is 4.21. The van der Waals surface area contributed by atoms with Crippen LogP contribution in [-0.4, -0.2) is 26.5 Å². The van der Waals surface area contributed by atoms with Crippen LogP contribution in [-0.2, 0) is 11.2 Å². The van der Waals surface area contributed by atoms with Gasteiger partial charge in [0.05, 0.1) is 0 Å². The van der Waals surface area contributed by atoms with Gasteiger partial charge < -0.3 is 10.2 Å². The molecule has 0 aromatic heterocycles. The Bertz CT molecular complexity index is 492. The predicted molar refractivity (Wildman–Crippen MR) is 82.1 cm³/mol. The maximum Gasteiger partial charge on any atom is 0.216 e. The van der Waals surface area contributed by atoms with E-state index < -0.39 is 0 Å². The van der Waals surface area contributed by atoms with E-state index in [0.29, 0.717) is 0 Å². The minimum Gasteiger partial charge on any atom is -0.374 e. The summed E-state index contributed by atoms with van der Waals surface area (Å²) in [5.41, 5.74) is 9.00. The highest BCUT2D eigenvalue weighted by molar-refractivity contribution is 5.72. The van der Waals surface area contributed by atoms with Crippen LogP contribution in [0.1, 0.15) is 34.7 Å². The van der Waals surface area contributed by atoms with E-state index in [9.17, 15) is 4.79 Å². The summed E-state index contributed by atoms with van der Waals surface area (Å²) in [6, 6.07) is 0. The fraction of sp³-hybridized carbons (Fsp3) is 0.562. The number of amides is 1. The average molecular weight is 262 g/mol. The number of rotatable bonds is 0. The molecule has 1 aromatic carbocycles. The molecule has 0 spiro atoms. The van der Waals surface area contributed by atoms with E-state index >= 15 is 0 Å². The number of anilines is 1. The first-order valence-corrected chi connectivity index (χ1v) is 6.79. The zero-order valence-electron chi connectivity index (χ0n) is 13.3. The van der Waals surface area contributed by atoms with Crippen LogP contribution in [0.5, 0.6) is 0 Å². The summed E-state index contributed by atoms with van der Waals surface area (Å²) in [4.78, 5) is 12.1. The van der Waals surface area contributed by atoms with Crippen molar-refractivity contribution in [2.45, 2.75) is 41.0 Å². The van der Waals surface area contributed by atoms with Crippen molar-refractivity contribution < 1.29 is 4.79 Å². The number of hydrogen-bond acceptors (Lipinski definition) is 2. The van der Waals surface area contributed by atoms with Crippen molar-refractivity contribution >= 4 is 11.6 Å². The smallest absolute Gasteiger partial charge is 0.216 e. The van der Waals surface area contributed by atoms with Gasteiger partial charge in [-0.25, -0.2) is 0 Å². The van der Waals surface area contributed by atoms with Crippen molar-refractivity contribution in [1.82, 2.24) is 5.32 Å². The SMILES string of the molecule is CNC(C)=O.Cc1c(C)c(C)c2c(c1C)CCN2C. The molecule has 0 atom stereocenters. The summed E-state index contributed by atoms with van der Waals surface area (Å²) in [7, 11) is 3.80. The second-order valence-electron chi connectivity index (χ2n) is 5.30. The van der Waals surface area contributed by atoms with E-state index in [1.807, 2.05) is 0 Å². The van der Waals surface area contributed by atoms with E-state index in [1.165, 1.54) is 47.8 Å². The Morgan fingerprint density at radius 2 is 1.53 bits per heavy atom. The zero-order chi connectivity index (χ0) is 14.7. The number of likely N-dealkylation sites (N-methyl/N-ethyl adjacent to an activating group) is 1. The monoisotopic (exact) mass is 262 g/mol. The Hall–Kier alpha value is -1.51. The van der Waals surface area contributed by atoms with Gasteiger partial charge in [0.2, 0.25) is 5.91 Å². The molecular formula is C16H26N2O. The molecule has 1 aliphatic rings. The maximum absolute atomic E-state index is 9.70. The van der Waals surface area contributed by atoms with Crippen molar-refractivity contribution in [2.75, 3.05) is 25.5 Å². The van der Waals surface area contributed by atoms with Crippen molar-refractivity contribution in [3.05, 3.63) is 27.8 Å². The first-order chi connectivity index (χ1) is 8.81. The van der Waals surface area contributed by atoms with Gasteiger partial charge in [0.1, 0.15) is 0 Å². The fourth-order valence-corrected chi connectivity index (χ4v) is 2.58. The lowest BCUT2D eigenvalue weighted by Gasteiger charge is -2.20. The minimum atomic E-state index is 0.00463. The van der Waals surface area contributed by atoms with Gasteiger partial charge >= 0.3 is 0 Å². The standard InChI is InChI=1S/C13H19N.C3H7NO/c1-8-9(2)11(4)13-12(10(8)3)6-7-14(13)5;1-3(5)4-2/h6-7H2,1-5H3;1-2H3,(H,4,5). The van der Waals surface area contributed by atoms with E-state index in [2.05, 4.69) is 45.0 Å². The number of nitrogens with zero attached hydrogens (tertiary/aromatic N) is 1. The van der Waals surface area contributed by atoms with E-state index in [-0.39, 0.29) is 5.91 Å². The molecule has 2 rings (SSSR count). The van der Waals surface area contributed by atoms with Crippen molar-refractivity contribution in [2.24, 2.45) is 0 Å². The molecule has 1 heterocycles. The molecule has 0 saturated carbocycles. The average Bonchev–Trinajstić information content (AvgIpc) is 2.76. The van der Waals surface area contributed by atoms with Crippen LogP contribution in [0.25, 0.3) is 0 Å². The largest absolute Gasteiger partial charge is 0.374 e. The molecule has 1 amide bonds. The van der Waals surface area contributed by atoms with Crippen molar-refractivity contribution in [3.63, 3.8) is 0 Å². The lowest BCUT2D eigenvalue weighted by molar-refractivity contribution is -0.118. The van der Waals surface area contributed by atoms with Crippen molar-refractivity contribution in [3.8, 4) is 0 Å². The Balaban J connectivity index is 0.000000312. The lowest BCUT2D eigenvalue weighted by Crippen LogP contribution is -2.14. The Labute approximate surface area is 117 Å². The Morgan fingerprint density at radius 1 is 1.05 bits per heavy atom. The summed E-state index contributed by atoms with van der Waals surface area (Å²) in [5, 5.41) is 2.39.